The third-order valence-electron chi connectivity index (χ3n) is 4.54. The molecule has 4 aromatic rings. The molecule has 1 heterocycles. The Kier molecular flexibility index (Phi) is 5.83. The van der Waals surface area contributed by atoms with Gasteiger partial charge in [-0.1, -0.05) is 42.1 Å². The van der Waals surface area contributed by atoms with Crippen molar-refractivity contribution in [2.75, 3.05) is 12.4 Å². The van der Waals surface area contributed by atoms with Gasteiger partial charge in [-0.2, -0.15) is 0 Å². The van der Waals surface area contributed by atoms with Gasteiger partial charge in [-0.3, -0.25) is 4.79 Å². The number of amides is 1. The molecule has 0 unspecified atom stereocenters. The van der Waals surface area contributed by atoms with Crippen molar-refractivity contribution < 1.29 is 9.53 Å². The van der Waals surface area contributed by atoms with E-state index in [-0.39, 0.29) is 5.91 Å². The van der Waals surface area contributed by atoms with Gasteiger partial charge in [-0.05, 0) is 54.4 Å². The number of hydrogen-bond donors (Lipinski definition) is 1. The van der Waals surface area contributed by atoms with Crippen LogP contribution in [0.5, 0.6) is 5.75 Å². The second-order valence-electron chi connectivity index (χ2n) is 6.57. The summed E-state index contributed by atoms with van der Waals surface area (Å²) in [7, 11) is 1.67. The van der Waals surface area contributed by atoms with Gasteiger partial charge in [0.1, 0.15) is 5.75 Å². The predicted octanol–water partition coefficient (Wildman–Crippen LogP) is 6.16. The minimum absolute atomic E-state index is 0.0962. The maximum Gasteiger partial charge on any atom is 0.255 e. The Bertz CT molecular complexity index is 1150. The fourth-order valence-corrected chi connectivity index (χ4v) is 5.00. The summed E-state index contributed by atoms with van der Waals surface area (Å²) in [5.41, 5.74) is 4.59. The highest BCUT2D eigenvalue weighted by Crippen LogP contribution is 2.33. The molecule has 1 amide bonds. The molecule has 0 atom stereocenters. The molecule has 1 aromatic heterocycles. The van der Waals surface area contributed by atoms with Gasteiger partial charge >= 0.3 is 0 Å². The number of nitrogens with one attached hydrogen (secondary N) is 1. The predicted molar refractivity (Wildman–Crippen MR) is 121 cm³/mol. The summed E-state index contributed by atoms with van der Waals surface area (Å²) in [5.74, 6) is 1.61. The first-order valence-electron chi connectivity index (χ1n) is 9.16. The van der Waals surface area contributed by atoms with Gasteiger partial charge in [0.2, 0.25) is 0 Å². The molecule has 0 saturated heterocycles. The number of nitrogens with zero attached hydrogens (tertiary/aromatic N) is 1. The maximum atomic E-state index is 12.5. The van der Waals surface area contributed by atoms with Crippen molar-refractivity contribution >= 4 is 44.9 Å². The first-order chi connectivity index (χ1) is 14.1. The van der Waals surface area contributed by atoms with E-state index in [9.17, 15) is 4.79 Å². The normalized spacial score (nSPS) is 10.8. The number of hydrogen-bond acceptors (Lipinski definition) is 5. The molecule has 146 valence electrons. The zero-order valence-corrected chi connectivity index (χ0v) is 17.8. The third-order valence-corrected chi connectivity index (χ3v) is 6.77. The van der Waals surface area contributed by atoms with Crippen LogP contribution in [0.3, 0.4) is 0 Å². The number of methoxy groups -OCH3 is 1. The molecule has 0 spiro atoms. The van der Waals surface area contributed by atoms with Crippen molar-refractivity contribution in [2.45, 2.75) is 17.0 Å². The van der Waals surface area contributed by atoms with E-state index in [0.717, 1.165) is 37.3 Å². The highest BCUT2D eigenvalue weighted by molar-refractivity contribution is 8.00. The van der Waals surface area contributed by atoms with Crippen LogP contribution in [-0.4, -0.2) is 18.0 Å². The SMILES string of the molecule is COc1ccc(CSc2nc3ccc(NC(=O)c4ccccc4C)cc3s2)cc1. The lowest BCUT2D eigenvalue weighted by Gasteiger charge is -2.07. The van der Waals surface area contributed by atoms with Crippen LogP contribution in [0.4, 0.5) is 5.69 Å². The smallest absolute Gasteiger partial charge is 0.255 e. The molecule has 0 bridgehead atoms. The third kappa shape index (κ3) is 4.60. The van der Waals surface area contributed by atoms with E-state index >= 15 is 0 Å². The highest BCUT2D eigenvalue weighted by Gasteiger charge is 2.10. The van der Waals surface area contributed by atoms with Crippen molar-refractivity contribution in [2.24, 2.45) is 0 Å². The topological polar surface area (TPSA) is 51.2 Å². The lowest BCUT2D eigenvalue weighted by molar-refractivity contribution is 0.102. The quantitative estimate of drug-likeness (QED) is 0.380. The Balaban J connectivity index is 1.45. The molecule has 1 N–H and O–H groups in total. The van der Waals surface area contributed by atoms with Gasteiger partial charge in [0.25, 0.3) is 5.91 Å². The summed E-state index contributed by atoms with van der Waals surface area (Å²) < 4.78 is 7.27. The van der Waals surface area contributed by atoms with Crippen molar-refractivity contribution in [1.82, 2.24) is 4.98 Å². The van der Waals surface area contributed by atoms with Crippen molar-refractivity contribution in [3.05, 3.63) is 83.4 Å². The molecular weight excluding hydrogens is 400 g/mol. The zero-order valence-electron chi connectivity index (χ0n) is 16.1. The van der Waals surface area contributed by atoms with Crippen LogP contribution in [0.25, 0.3) is 10.2 Å². The standard InChI is InChI=1S/C23H20N2O2S2/c1-15-5-3-4-6-19(15)22(26)24-17-9-12-20-21(13-17)29-23(25-20)28-14-16-7-10-18(27-2)11-8-16/h3-13H,14H2,1-2H3,(H,24,26). The number of benzene rings is 3. The number of thioether (sulfide) groups is 1. The van der Waals surface area contributed by atoms with E-state index in [1.807, 2.05) is 61.5 Å². The minimum atomic E-state index is -0.0962. The molecule has 6 heteroatoms. The van der Waals surface area contributed by atoms with Crippen LogP contribution >= 0.6 is 23.1 Å². The first-order valence-corrected chi connectivity index (χ1v) is 11.0. The maximum absolute atomic E-state index is 12.5. The second kappa shape index (κ2) is 8.68. The van der Waals surface area contributed by atoms with Crippen molar-refractivity contribution in [1.29, 1.82) is 0 Å². The Morgan fingerprint density at radius 2 is 1.90 bits per heavy atom. The van der Waals surface area contributed by atoms with Gasteiger partial charge in [0.15, 0.2) is 4.34 Å². The number of thiazole rings is 1. The molecule has 4 rings (SSSR count). The van der Waals surface area contributed by atoms with E-state index < -0.39 is 0 Å². The highest BCUT2D eigenvalue weighted by atomic mass is 32.2. The molecule has 29 heavy (non-hydrogen) atoms. The van der Waals surface area contributed by atoms with Gasteiger partial charge in [0.05, 0.1) is 17.3 Å². The lowest BCUT2D eigenvalue weighted by Crippen LogP contribution is -2.13. The van der Waals surface area contributed by atoms with Gasteiger partial charge in [-0.25, -0.2) is 4.98 Å². The molecule has 0 aliphatic rings. The number of fused-ring (bicyclic) bond motifs is 1. The second-order valence-corrected chi connectivity index (χ2v) is 8.82. The van der Waals surface area contributed by atoms with Crippen molar-refractivity contribution in [3.63, 3.8) is 0 Å². The van der Waals surface area contributed by atoms with Gasteiger partial charge < -0.3 is 10.1 Å². The molecule has 0 aliphatic heterocycles. The molecule has 0 fully saturated rings. The van der Waals surface area contributed by atoms with E-state index in [1.54, 1.807) is 30.2 Å². The summed E-state index contributed by atoms with van der Waals surface area (Å²) in [5, 5.41) is 2.99. The average Bonchev–Trinajstić information content (AvgIpc) is 3.15. The van der Waals surface area contributed by atoms with Gasteiger partial charge in [-0.15, -0.1) is 11.3 Å². The number of rotatable bonds is 6. The lowest BCUT2D eigenvalue weighted by atomic mass is 10.1. The fraction of sp³-hybridized carbons (Fsp3) is 0.130. The number of anilines is 1. The van der Waals surface area contributed by atoms with Crippen LogP contribution in [0.15, 0.2) is 71.1 Å². The Morgan fingerprint density at radius 1 is 1.10 bits per heavy atom. The molecule has 0 saturated carbocycles. The zero-order chi connectivity index (χ0) is 20.2. The molecule has 4 nitrogen and oxygen atoms in total. The fourth-order valence-electron chi connectivity index (χ4n) is 2.94. The number of aryl methyl sites for hydroxylation is 1. The first kappa shape index (κ1) is 19.5. The average molecular weight is 421 g/mol. The molecule has 3 aromatic carbocycles. The monoisotopic (exact) mass is 420 g/mol. The van der Waals surface area contributed by atoms with E-state index in [2.05, 4.69) is 17.4 Å². The van der Waals surface area contributed by atoms with Crippen LogP contribution in [0.1, 0.15) is 21.5 Å². The minimum Gasteiger partial charge on any atom is -0.497 e. The summed E-state index contributed by atoms with van der Waals surface area (Å²) >= 11 is 3.35. The van der Waals surface area contributed by atoms with Crippen molar-refractivity contribution in [3.8, 4) is 5.75 Å². The number of carbonyl (C=O) groups is 1. The Labute approximate surface area is 177 Å². The van der Waals surface area contributed by atoms with E-state index in [1.165, 1.54) is 5.56 Å². The molecular formula is C23H20N2O2S2. The van der Waals surface area contributed by atoms with E-state index in [0.29, 0.717) is 5.56 Å². The summed E-state index contributed by atoms with van der Waals surface area (Å²) in [6.07, 6.45) is 0. The molecule has 0 radical (unpaired) electrons. The number of ether oxygens (including phenoxy) is 1. The van der Waals surface area contributed by atoms with Crippen LogP contribution in [-0.2, 0) is 5.75 Å². The Hall–Kier alpha value is -2.83. The summed E-state index contributed by atoms with van der Waals surface area (Å²) in [4.78, 5) is 17.2. The van der Waals surface area contributed by atoms with Crippen LogP contribution in [0, 0.1) is 6.92 Å². The number of carbonyl (C=O) groups excluding carboxylic acids is 1. The summed E-state index contributed by atoms with van der Waals surface area (Å²) in [6.45, 7) is 1.94. The van der Waals surface area contributed by atoms with E-state index in [4.69, 9.17) is 9.72 Å². The Morgan fingerprint density at radius 3 is 2.66 bits per heavy atom. The molecule has 0 aliphatic carbocycles. The number of aromatic nitrogens is 1. The van der Waals surface area contributed by atoms with Crippen LogP contribution < -0.4 is 10.1 Å². The largest absolute Gasteiger partial charge is 0.497 e. The van der Waals surface area contributed by atoms with Crippen LogP contribution in [0.2, 0.25) is 0 Å². The summed E-state index contributed by atoms with van der Waals surface area (Å²) in [6, 6.07) is 21.5. The van der Waals surface area contributed by atoms with Gasteiger partial charge in [0, 0.05) is 17.0 Å².